The number of carbonyl (C=O) groups excluding carboxylic acids is 1. The fourth-order valence-electron chi connectivity index (χ4n) is 2.47. The molecule has 4 nitrogen and oxygen atoms in total. The first-order valence-corrected chi connectivity index (χ1v) is 8.34. The molecule has 1 aromatic rings. The van der Waals surface area contributed by atoms with Crippen LogP contribution < -0.4 is 5.32 Å². The Bertz CT molecular complexity index is 461. The van der Waals surface area contributed by atoms with Crippen molar-refractivity contribution in [3.05, 3.63) is 10.6 Å². The quantitative estimate of drug-likeness (QED) is 0.870. The molecule has 2 rings (SSSR count). The van der Waals surface area contributed by atoms with E-state index in [2.05, 4.69) is 14.9 Å². The highest BCUT2D eigenvalue weighted by molar-refractivity contribution is 7.08. The molecule has 1 heterocycles. The number of nitrogens with zero attached hydrogens (tertiary/aromatic N) is 2. The molecule has 1 aliphatic carbocycles. The monoisotopic (exact) mass is 315 g/mol. The Kier molecular flexibility index (Phi) is 5.02. The van der Waals surface area contributed by atoms with E-state index in [4.69, 9.17) is 11.6 Å². The molecule has 0 aliphatic heterocycles. The van der Waals surface area contributed by atoms with Gasteiger partial charge in [0.15, 0.2) is 0 Å². The summed E-state index contributed by atoms with van der Waals surface area (Å²) in [5, 5.41) is 7.45. The standard InChI is InChI=1S/C14H22ClN3OS/c1-14(2,3)12-11(20-18-17-12)13(19)16-8-9-4-6-10(15)7-5-9/h9-10H,4-8H2,1-3H3,(H,16,19). The number of halogens is 1. The first kappa shape index (κ1) is 15.7. The van der Waals surface area contributed by atoms with Crippen molar-refractivity contribution >= 4 is 29.0 Å². The lowest BCUT2D eigenvalue weighted by molar-refractivity contribution is 0.0945. The van der Waals surface area contributed by atoms with Crippen molar-refractivity contribution in [2.45, 2.75) is 57.2 Å². The summed E-state index contributed by atoms with van der Waals surface area (Å²) in [6, 6.07) is 0. The van der Waals surface area contributed by atoms with E-state index in [1.165, 1.54) is 11.5 Å². The van der Waals surface area contributed by atoms with Crippen LogP contribution in [0.1, 0.15) is 61.8 Å². The van der Waals surface area contributed by atoms with Gasteiger partial charge in [0.05, 0.1) is 5.69 Å². The molecule has 20 heavy (non-hydrogen) atoms. The van der Waals surface area contributed by atoms with Gasteiger partial charge in [0.25, 0.3) is 5.91 Å². The Hall–Kier alpha value is -0.680. The number of aromatic nitrogens is 2. The second-order valence-corrected chi connectivity index (χ2v) is 7.90. The van der Waals surface area contributed by atoms with Gasteiger partial charge < -0.3 is 5.32 Å². The average Bonchev–Trinajstić information content (AvgIpc) is 2.87. The molecule has 0 atom stereocenters. The van der Waals surface area contributed by atoms with Crippen LogP contribution in [0.25, 0.3) is 0 Å². The molecule has 0 aromatic carbocycles. The molecule has 6 heteroatoms. The predicted molar refractivity (Wildman–Crippen MR) is 82.5 cm³/mol. The summed E-state index contributed by atoms with van der Waals surface area (Å²) in [5.41, 5.74) is 0.626. The number of rotatable bonds is 3. The fourth-order valence-corrected chi connectivity index (χ4v) is 3.52. The van der Waals surface area contributed by atoms with Gasteiger partial charge in [-0.2, -0.15) is 0 Å². The zero-order chi connectivity index (χ0) is 14.8. The van der Waals surface area contributed by atoms with Gasteiger partial charge in [-0.25, -0.2) is 0 Å². The third kappa shape index (κ3) is 3.92. The molecule has 1 aromatic heterocycles. The highest BCUT2D eigenvalue weighted by Crippen LogP contribution is 2.28. The van der Waals surface area contributed by atoms with E-state index in [9.17, 15) is 4.79 Å². The fraction of sp³-hybridized carbons (Fsp3) is 0.786. The zero-order valence-electron chi connectivity index (χ0n) is 12.3. The van der Waals surface area contributed by atoms with E-state index in [0.29, 0.717) is 16.2 Å². The summed E-state index contributed by atoms with van der Waals surface area (Å²) < 4.78 is 3.93. The number of carbonyl (C=O) groups is 1. The number of amides is 1. The number of nitrogens with one attached hydrogen (secondary N) is 1. The Labute approximate surface area is 129 Å². The van der Waals surface area contributed by atoms with Crippen molar-refractivity contribution in [1.82, 2.24) is 14.9 Å². The second-order valence-electron chi connectivity index (χ2n) is 6.53. The molecule has 1 aliphatic rings. The molecule has 0 radical (unpaired) electrons. The largest absolute Gasteiger partial charge is 0.351 e. The van der Waals surface area contributed by atoms with Crippen LogP contribution in [-0.4, -0.2) is 27.4 Å². The Morgan fingerprint density at radius 3 is 2.60 bits per heavy atom. The topological polar surface area (TPSA) is 54.9 Å². The van der Waals surface area contributed by atoms with Crippen molar-refractivity contribution in [2.24, 2.45) is 5.92 Å². The SMILES string of the molecule is CC(C)(C)c1nnsc1C(=O)NCC1CCC(Cl)CC1. The Balaban J connectivity index is 1.91. The number of hydrogen-bond donors (Lipinski definition) is 1. The van der Waals surface area contributed by atoms with Gasteiger partial charge >= 0.3 is 0 Å². The van der Waals surface area contributed by atoms with Crippen molar-refractivity contribution < 1.29 is 4.79 Å². The number of hydrogen-bond acceptors (Lipinski definition) is 4. The lowest BCUT2D eigenvalue weighted by Crippen LogP contribution is -2.32. The molecular weight excluding hydrogens is 294 g/mol. The van der Waals surface area contributed by atoms with Gasteiger partial charge in [-0.3, -0.25) is 4.79 Å². The Morgan fingerprint density at radius 1 is 1.35 bits per heavy atom. The van der Waals surface area contributed by atoms with Gasteiger partial charge in [-0.1, -0.05) is 25.3 Å². The highest BCUT2D eigenvalue weighted by atomic mass is 35.5. The molecule has 112 valence electrons. The number of alkyl halides is 1. The van der Waals surface area contributed by atoms with Crippen LogP contribution in [0.15, 0.2) is 0 Å². The second kappa shape index (κ2) is 6.39. The minimum atomic E-state index is -0.156. The minimum Gasteiger partial charge on any atom is -0.351 e. The summed E-state index contributed by atoms with van der Waals surface area (Å²) in [5.74, 6) is 0.505. The Morgan fingerprint density at radius 2 is 2.00 bits per heavy atom. The van der Waals surface area contributed by atoms with Gasteiger partial charge in [0.1, 0.15) is 4.88 Å². The summed E-state index contributed by atoms with van der Waals surface area (Å²) in [4.78, 5) is 12.9. The van der Waals surface area contributed by atoms with Crippen molar-refractivity contribution in [3.8, 4) is 0 Å². The first-order valence-electron chi connectivity index (χ1n) is 7.13. The van der Waals surface area contributed by atoms with E-state index < -0.39 is 0 Å². The van der Waals surface area contributed by atoms with E-state index in [-0.39, 0.29) is 11.3 Å². The lowest BCUT2D eigenvalue weighted by Gasteiger charge is -2.25. The van der Waals surface area contributed by atoms with E-state index in [0.717, 1.165) is 37.9 Å². The molecular formula is C14H22ClN3OS. The smallest absolute Gasteiger partial charge is 0.264 e. The van der Waals surface area contributed by atoms with E-state index >= 15 is 0 Å². The van der Waals surface area contributed by atoms with Crippen molar-refractivity contribution in [2.75, 3.05) is 6.54 Å². The van der Waals surface area contributed by atoms with Gasteiger partial charge in [-0.15, -0.1) is 16.7 Å². The van der Waals surface area contributed by atoms with Crippen LogP contribution in [0.3, 0.4) is 0 Å². The predicted octanol–water partition coefficient (Wildman–Crippen LogP) is 3.36. The first-order chi connectivity index (χ1) is 9.38. The van der Waals surface area contributed by atoms with Crippen LogP contribution >= 0.6 is 23.1 Å². The molecule has 1 saturated carbocycles. The van der Waals surface area contributed by atoms with Gasteiger partial charge in [0.2, 0.25) is 0 Å². The van der Waals surface area contributed by atoms with Crippen molar-refractivity contribution in [3.63, 3.8) is 0 Å². The molecule has 1 amide bonds. The van der Waals surface area contributed by atoms with Gasteiger partial charge in [-0.05, 0) is 43.1 Å². The van der Waals surface area contributed by atoms with E-state index in [1.807, 2.05) is 20.8 Å². The normalized spacial score (nSPS) is 23.6. The molecule has 0 unspecified atom stereocenters. The maximum Gasteiger partial charge on any atom is 0.264 e. The molecule has 1 N–H and O–H groups in total. The molecule has 0 spiro atoms. The van der Waals surface area contributed by atoms with Crippen LogP contribution in [0.5, 0.6) is 0 Å². The van der Waals surface area contributed by atoms with Crippen molar-refractivity contribution in [1.29, 1.82) is 0 Å². The molecule has 0 bridgehead atoms. The highest BCUT2D eigenvalue weighted by Gasteiger charge is 2.27. The van der Waals surface area contributed by atoms with Gasteiger partial charge in [0, 0.05) is 17.3 Å². The average molecular weight is 316 g/mol. The summed E-state index contributed by atoms with van der Waals surface area (Å²) in [6.07, 6.45) is 4.30. The van der Waals surface area contributed by atoms with Crippen LogP contribution in [-0.2, 0) is 5.41 Å². The van der Waals surface area contributed by atoms with E-state index in [1.54, 1.807) is 0 Å². The zero-order valence-corrected chi connectivity index (χ0v) is 13.9. The minimum absolute atomic E-state index is 0.0436. The third-order valence-electron chi connectivity index (χ3n) is 3.73. The summed E-state index contributed by atoms with van der Waals surface area (Å²) >= 11 is 7.27. The summed E-state index contributed by atoms with van der Waals surface area (Å²) in [6.45, 7) is 6.86. The van der Waals surface area contributed by atoms with Crippen LogP contribution in [0.4, 0.5) is 0 Å². The third-order valence-corrected chi connectivity index (χ3v) is 4.89. The maximum absolute atomic E-state index is 12.3. The van der Waals surface area contributed by atoms with Crippen LogP contribution in [0.2, 0.25) is 0 Å². The summed E-state index contributed by atoms with van der Waals surface area (Å²) in [7, 11) is 0. The molecule has 1 fully saturated rings. The lowest BCUT2D eigenvalue weighted by atomic mass is 9.89. The maximum atomic E-state index is 12.3. The van der Waals surface area contributed by atoms with Crippen LogP contribution in [0, 0.1) is 5.92 Å². The molecule has 0 saturated heterocycles.